The van der Waals surface area contributed by atoms with Crippen LogP contribution in [-0.2, 0) is 6.54 Å². The smallest absolute Gasteiger partial charge is 0.133 e. The van der Waals surface area contributed by atoms with Gasteiger partial charge in [-0.3, -0.25) is 4.98 Å². The molecule has 0 saturated carbocycles. The van der Waals surface area contributed by atoms with Crippen LogP contribution in [0, 0.1) is 6.92 Å². The topological polar surface area (TPSA) is 41.1 Å². The number of aryl methyl sites for hydroxylation is 1. The third kappa shape index (κ3) is 3.45. The van der Waals surface area contributed by atoms with Gasteiger partial charge in [-0.25, -0.2) is 4.98 Å². The Balaban J connectivity index is 1.72. The lowest BCUT2D eigenvalue weighted by atomic mass is 10.1. The van der Waals surface area contributed by atoms with Crippen molar-refractivity contribution >= 4 is 5.82 Å². The van der Waals surface area contributed by atoms with Gasteiger partial charge in [0.1, 0.15) is 5.82 Å². The molecule has 3 rings (SSSR count). The molecule has 2 aromatic heterocycles. The first kappa shape index (κ1) is 15.0. The largest absolute Gasteiger partial charge is 0.356 e. The number of nitrogens with zero attached hydrogens (tertiary/aromatic N) is 3. The molecule has 1 saturated heterocycles. The molecule has 1 fully saturated rings. The number of hydrogen-bond donors (Lipinski definition) is 1. The van der Waals surface area contributed by atoms with Crippen molar-refractivity contribution < 1.29 is 0 Å². The first-order valence-corrected chi connectivity index (χ1v) is 8.10. The first-order chi connectivity index (χ1) is 10.7. The summed E-state index contributed by atoms with van der Waals surface area (Å²) in [7, 11) is 0. The third-order valence-electron chi connectivity index (χ3n) is 4.23. The predicted octanol–water partition coefficient (Wildman–Crippen LogP) is 3.24. The van der Waals surface area contributed by atoms with E-state index in [4.69, 9.17) is 4.98 Å². The van der Waals surface area contributed by atoms with Crippen LogP contribution in [0.15, 0.2) is 36.5 Å². The summed E-state index contributed by atoms with van der Waals surface area (Å²) in [6, 6.07) is 10.6. The number of aromatic nitrogens is 2. The Morgan fingerprint density at radius 2 is 2.00 bits per heavy atom. The molecule has 22 heavy (non-hydrogen) atoms. The minimum absolute atomic E-state index is 0.230. The second-order valence-corrected chi connectivity index (χ2v) is 5.99. The summed E-state index contributed by atoms with van der Waals surface area (Å²) in [5.41, 5.74) is 3.43. The zero-order valence-electron chi connectivity index (χ0n) is 13.4. The van der Waals surface area contributed by atoms with E-state index in [1.54, 1.807) is 0 Å². The number of nitrogens with one attached hydrogen (secondary N) is 1. The van der Waals surface area contributed by atoms with Gasteiger partial charge in [0.15, 0.2) is 0 Å². The van der Waals surface area contributed by atoms with Gasteiger partial charge in [-0.15, -0.1) is 0 Å². The average molecular weight is 296 g/mol. The predicted molar refractivity (Wildman–Crippen MR) is 89.9 cm³/mol. The maximum atomic E-state index is 4.78. The summed E-state index contributed by atoms with van der Waals surface area (Å²) in [5.74, 6) is 1.15. The minimum atomic E-state index is 0.230. The molecule has 4 nitrogen and oxygen atoms in total. The van der Waals surface area contributed by atoms with Gasteiger partial charge in [-0.2, -0.15) is 0 Å². The Bertz CT molecular complexity index is 606. The summed E-state index contributed by atoms with van der Waals surface area (Å²) in [4.78, 5) is 11.6. The van der Waals surface area contributed by atoms with Crippen molar-refractivity contribution in [2.24, 2.45) is 0 Å². The van der Waals surface area contributed by atoms with E-state index >= 15 is 0 Å². The number of anilines is 1. The van der Waals surface area contributed by atoms with E-state index in [-0.39, 0.29) is 6.04 Å². The van der Waals surface area contributed by atoms with Crippen LogP contribution in [-0.4, -0.2) is 23.1 Å². The SMILES string of the molecule is Cc1ccc(CNC(C)c2ccccn2)c(N2CCCC2)n1. The normalized spacial score (nSPS) is 16.0. The van der Waals surface area contributed by atoms with Crippen LogP contribution < -0.4 is 10.2 Å². The number of pyridine rings is 2. The van der Waals surface area contributed by atoms with Crippen molar-refractivity contribution in [2.45, 2.75) is 39.3 Å². The second-order valence-electron chi connectivity index (χ2n) is 5.99. The Labute approximate surface area is 132 Å². The van der Waals surface area contributed by atoms with Crippen LogP contribution in [0.2, 0.25) is 0 Å². The molecule has 0 bridgehead atoms. The maximum Gasteiger partial charge on any atom is 0.133 e. The van der Waals surface area contributed by atoms with E-state index in [1.165, 1.54) is 18.4 Å². The van der Waals surface area contributed by atoms with E-state index in [0.717, 1.165) is 36.8 Å². The molecule has 0 radical (unpaired) electrons. The van der Waals surface area contributed by atoms with Crippen molar-refractivity contribution in [1.82, 2.24) is 15.3 Å². The Kier molecular flexibility index (Phi) is 4.68. The lowest BCUT2D eigenvalue weighted by molar-refractivity contribution is 0.560. The lowest BCUT2D eigenvalue weighted by Crippen LogP contribution is -2.24. The Morgan fingerprint density at radius 1 is 1.18 bits per heavy atom. The van der Waals surface area contributed by atoms with Crippen LogP contribution in [0.1, 0.15) is 42.8 Å². The van der Waals surface area contributed by atoms with Gasteiger partial charge in [-0.05, 0) is 44.9 Å². The van der Waals surface area contributed by atoms with Crippen LogP contribution in [0.25, 0.3) is 0 Å². The standard InChI is InChI=1S/C18H24N4/c1-14-8-9-16(18(21-14)22-11-5-6-12-22)13-20-15(2)17-7-3-4-10-19-17/h3-4,7-10,15,20H,5-6,11-13H2,1-2H3. The summed E-state index contributed by atoms with van der Waals surface area (Å²) in [5, 5.41) is 3.57. The third-order valence-corrected chi connectivity index (χ3v) is 4.23. The lowest BCUT2D eigenvalue weighted by Gasteiger charge is -2.22. The van der Waals surface area contributed by atoms with E-state index in [9.17, 15) is 0 Å². The number of rotatable bonds is 5. The van der Waals surface area contributed by atoms with Crippen LogP contribution in [0.4, 0.5) is 5.82 Å². The van der Waals surface area contributed by atoms with Crippen molar-refractivity contribution in [3.8, 4) is 0 Å². The molecule has 116 valence electrons. The highest BCUT2D eigenvalue weighted by Gasteiger charge is 2.17. The van der Waals surface area contributed by atoms with Crippen molar-refractivity contribution in [2.75, 3.05) is 18.0 Å². The first-order valence-electron chi connectivity index (χ1n) is 8.10. The molecule has 1 unspecified atom stereocenters. The average Bonchev–Trinajstić information content (AvgIpc) is 3.08. The quantitative estimate of drug-likeness (QED) is 0.919. The van der Waals surface area contributed by atoms with E-state index in [0.29, 0.717) is 0 Å². The van der Waals surface area contributed by atoms with Crippen molar-refractivity contribution in [1.29, 1.82) is 0 Å². The van der Waals surface area contributed by atoms with Crippen molar-refractivity contribution in [3.05, 3.63) is 53.5 Å². The molecular formula is C18H24N4. The fourth-order valence-electron chi connectivity index (χ4n) is 2.91. The van der Waals surface area contributed by atoms with Gasteiger partial charge in [0.05, 0.1) is 5.69 Å². The summed E-state index contributed by atoms with van der Waals surface area (Å²) in [6.45, 7) is 7.28. The van der Waals surface area contributed by atoms with Gasteiger partial charge in [-0.1, -0.05) is 12.1 Å². The van der Waals surface area contributed by atoms with Gasteiger partial charge >= 0.3 is 0 Å². The van der Waals surface area contributed by atoms with E-state index in [2.05, 4.69) is 47.2 Å². The summed E-state index contributed by atoms with van der Waals surface area (Å²) in [6.07, 6.45) is 4.39. The van der Waals surface area contributed by atoms with E-state index in [1.807, 2.05) is 18.3 Å². The van der Waals surface area contributed by atoms with Crippen molar-refractivity contribution in [3.63, 3.8) is 0 Å². The molecule has 0 aromatic carbocycles. The molecule has 0 spiro atoms. The van der Waals surface area contributed by atoms with Crippen LogP contribution in [0.5, 0.6) is 0 Å². The molecule has 1 atom stereocenters. The van der Waals surface area contributed by atoms with Crippen LogP contribution >= 0.6 is 0 Å². The van der Waals surface area contributed by atoms with Gasteiger partial charge in [0, 0.05) is 43.1 Å². The zero-order chi connectivity index (χ0) is 15.4. The molecule has 1 aliphatic heterocycles. The fourth-order valence-corrected chi connectivity index (χ4v) is 2.91. The maximum absolute atomic E-state index is 4.78. The molecule has 2 aromatic rings. The van der Waals surface area contributed by atoms with Gasteiger partial charge in [0.25, 0.3) is 0 Å². The van der Waals surface area contributed by atoms with Crippen LogP contribution in [0.3, 0.4) is 0 Å². The molecule has 1 N–H and O–H groups in total. The minimum Gasteiger partial charge on any atom is -0.356 e. The second kappa shape index (κ2) is 6.88. The van der Waals surface area contributed by atoms with Gasteiger partial charge < -0.3 is 10.2 Å². The van der Waals surface area contributed by atoms with E-state index < -0.39 is 0 Å². The molecular weight excluding hydrogens is 272 g/mol. The highest BCUT2D eigenvalue weighted by atomic mass is 15.2. The number of hydrogen-bond acceptors (Lipinski definition) is 4. The molecule has 3 heterocycles. The molecule has 0 aliphatic carbocycles. The molecule has 1 aliphatic rings. The molecule has 0 amide bonds. The summed E-state index contributed by atoms with van der Waals surface area (Å²) < 4.78 is 0. The highest BCUT2D eigenvalue weighted by molar-refractivity contribution is 5.48. The Morgan fingerprint density at radius 3 is 2.73 bits per heavy atom. The fraction of sp³-hybridized carbons (Fsp3) is 0.444. The Hall–Kier alpha value is -1.94. The zero-order valence-corrected chi connectivity index (χ0v) is 13.4. The molecule has 4 heteroatoms. The summed E-state index contributed by atoms with van der Waals surface area (Å²) >= 11 is 0. The highest BCUT2D eigenvalue weighted by Crippen LogP contribution is 2.23. The van der Waals surface area contributed by atoms with Gasteiger partial charge in [0.2, 0.25) is 0 Å². The monoisotopic (exact) mass is 296 g/mol.